The Morgan fingerprint density at radius 2 is 1.55 bits per heavy atom. The molecule has 0 radical (unpaired) electrons. The van der Waals surface area contributed by atoms with E-state index in [-0.39, 0.29) is 54.9 Å². The number of H-pyrrole nitrogens is 1. The van der Waals surface area contributed by atoms with Gasteiger partial charge < -0.3 is 33.3 Å². The number of aromatic amines is 1. The summed E-state index contributed by atoms with van der Waals surface area (Å²) in [5.41, 5.74) is -1.14. The van der Waals surface area contributed by atoms with Gasteiger partial charge in [0.25, 0.3) is 14.1 Å². The summed E-state index contributed by atoms with van der Waals surface area (Å²) in [5.74, 6) is 0.963. The van der Waals surface area contributed by atoms with Crippen molar-refractivity contribution in [2.75, 3.05) is 38.5 Å². The number of nitriles is 1. The van der Waals surface area contributed by atoms with Crippen molar-refractivity contribution in [1.82, 2.24) is 28.5 Å². The lowest BCUT2D eigenvalue weighted by molar-refractivity contribution is -0.145. The predicted octanol–water partition coefficient (Wildman–Crippen LogP) is 7.71. The Morgan fingerprint density at radius 3 is 2.09 bits per heavy atom. The lowest BCUT2D eigenvalue weighted by Gasteiger charge is -2.48. The van der Waals surface area contributed by atoms with Crippen LogP contribution in [0, 0.1) is 11.3 Å². The number of anilines is 1. The summed E-state index contributed by atoms with van der Waals surface area (Å²) in [7, 11) is -2.93. The monoisotopic (exact) mass is 958 g/mol. The lowest BCUT2D eigenvalue weighted by Crippen LogP contribution is -2.65. The maximum absolute atomic E-state index is 15.1. The van der Waals surface area contributed by atoms with Crippen LogP contribution in [0.2, 0.25) is 0 Å². The van der Waals surface area contributed by atoms with E-state index in [2.05, 4.69) is 26.0 Å². The van der Waals surface area contributed by atoms with Crippen LogP contribution >= 0.6 is 8.53 Å². The number of ether oxygens (including phenoxy) is 4. The number of rotatable bonds is 21. The highest BCUT2D eigenvalue weighted by Crippen LogP contribution is 2.57. The van der Waals surface area contributed by atoms with Crippen molar-refractivity contribution in [3.63, 3.8) is 0 Å². The number of nitrogens with zero attached hydrogens (tertiary/aromatic N) is 6. The maximum atomic E-state index is 15.1. The first-order chi connectivity index (χ1) is 32.0. The van der Waals surface area contributed by atoms with Crippen molar-refractivity contribution in [3.8, 4) is 17.6 Å². The summed E-state index contributed by atoms with van der Waals surface area (Å²) in [4.78, 5) is 25.8. The molecule has 6 atom stereocenters. The molecule has 7 rings (SSSR count). The highest BCUT2D eigenvalue weighted by molar-refractivity contribution is 7.89. The van der Waals surface area contributed by atoms with Crippen LogP contribution in [0.5, 0.6) is 11.5 Å². The third-order valence-corrected chi connectivity index (χ3v) is 16.6. The highest BCUT2D eigenvalue weighted by Gasteiger charge is 2.68. The second-order valence-corrected chi connectivity index (χ2v) is 21.1. The van der Waals surface area contributed by atoms with Gasteiger partial charge in [0.1, 0.15) is 34.8 Å². The number of hydrogen-bond acceptors (Lipinski definition) is 14. The van der Waals surface area contributed by atoms with Crippen LogP contribution in [0.25, 0.3) is 11.2 Å². The molecule has 0 saturated carbocycles. The molecule has 67 heavy (non-hydrogen) atoms. The lowest BCUT2D eigenvalue weighted by atomic mass is 9.79. The van der Waals surface area contributed by atoms with Gasteiger partial charge in [-0.3, -0.25) is 14.3 Å². The van der Waals surface area contributed by atoms with Crippen molar-refractivity contribution >= 4 is 35.7 Å². The van der Waals surface area contributed by atoms with E-state index in [0.717, 1.165) is 23.1 Å². The molecule has 2 aliphatic rings. The van der Waals surface area contributed by atoms with Gasteiger partial charge in [-0.2, -0.15) is 14.6 Å². The molecule has 2 saturated heterocycles. The molecule has 17 nitrogen and oxygen atoms in total. The largest absolute Gasteiger partial charge is 0.497 e. The third kappa shape index (κ3) is 9.84. The Labute approximate surface area is 394 Å². The minimum absolute atomic E-state index is 0.0230. The number of fused-ring (bicyclic) bond motifs is 3. The Morgan fingerprint density at radius 1 is 0.955 bits per heavy atom. The maximum Gasteiger partial charge on any atom is 0.280 e. The van der Waals surface area contributed by atoms with Gasteiger partial charge in [0, 0.05) is 24.2 Å². The Hall–Kier alpha value is -4.96. The van der Waals surface area contributed by atoms with Gasteiger partial charge in [0.2, 0.25) is 16.0 Å². The quantitative estimate of drug-likeness (QED) is 0.0412. The molecule has 2 N–H and O–H groups in total. The first-order valence-corrected chi connectivity index (χ1v) is 25.4. The van der Waals surface area contributed by atoms with E-state index >= 15 is 8.42 Å². The molecule has 0 spiro atoms. The number of aromatic nitrogens is 4. The van der Waals surface area contributed by atoms with Crippen LogP contribution in [0.15, 0.2) is 90.0 Å². The topological polar surface area (TPSA) is 195 Å². The van der Waals surface area contributed by atoms with E-state index < -0.39 is 65.5 Å². The van der Waals surface area contributed by atoms with E-state index in [1.54, 1.807) is 18.8 Å². The van der Waals surface area contributed by atoms with Gasteiger partial charge in [-0.05, 0) is 95.8 Å². The normalized spacial score (nSPS) is 21.5. The van der Waals surface area contributed by atoms with E-state index in [0.29, 0.717) is 11.5 Å². The molecule has 2 bridgehead atoms. The van der Waals surface area contributed by atoms with Crippen molar-refractivity contribution < 1.29 is 36.4 Å². The van der Waals surface area contributed by atoms with E-state index in [1.165, 1.54) is 10.6 Å². The molecule has 4 heterocycles. The van der Waals surface area contributed by atoms with Crippen molar-refractivity contribution in [3.05, 3.63) is 112 Å². The van der Waals surface area contributed by atoms with E-state index in [4.69, 9.17) is 33.0 Å². The zero-order valence-corrected chi connectivity index (χ0v) is 41.6. The number of nitrogens with one attached hydrogen (secondary N) is 2. The summed E-state index contributed by atoms with van der Waals surface area (Å²) in [5, 5.41) is 12.9. The molecular weight excluding hydrogens is 896 g/mol. The molecular formula is C48H63N8O9PS. The van der Waals surface area contributed by atoms with E-state index in [9.17, 15) is 10.1 Å². The molecule has 0 amide bonds. The van der Waals surface area contributed by atoms with Gasteiger partial charge in [-0.15, -0.1) is 0 Å². The zero-order chi connectivity index (χ0) is 48.3. The minimum atomic E-state index is -4.16. The fraction of sp³-hybridized carbons (Fsp3) is 0.500. The van der Waals surface area contributed by atoms with Crippen LogP contribution in [-0.2, 0) is 34.1 Å². The number of imidazole rings is 1. The van der Waals surface area contributed by atoms with Crippen LogP contribution in [0.3, 0.4) is 0 Å². The standard InChI is InChI=1S/C48H63N8O9PS/c1-11-34(8)51-46-52-43-40(44(57)53-46)50-30-54(43)45-41-42(65-66(63-27-15-26-49)55(31(2)3)32(4)5)47(64-45,29-67(58,59)56(41)33(6)7)28-62-48(35-16-13-12-14-17-35,36-18-22-38(60-9)23-19-36)37-20-24-39(61-10)25-21-37/h12-14,16-25,30-34,41-42,45H,11,15,27-29H2,1-10H3,(H2,51,52,53,57)/t34?,41-,42+,45-,47+,66?/m1/s1. The average Bonchev–Trinajstić information content (AvgIpc) is 3.82. The SMILES string of the molecule is CCC(C)Nc1nc2c(ncn2[C@@H]2O[C@@]3(COC(c4ccccc4)(c4ccc(OC)cc4)c4ccc(OC)cc4)CS(=O)(=O)N(C(C)C)[C@@H]2[C@@H]3OP(OCCC#N)N(C(C)C)C(C)C)c(=O)[nH]1. The Bertz CT molecular complexity index is 2600. The first-order valence-electron chi connectivity index (χ1n) is 22.7. The van der Waals surface area contributed by atoms with Gasteiger partial charge >= 0.3 is 0 Å². The third-order valence-electron chi connectivity index (χ3n) is 12.3. The average molecular weight is 959 g/mol. The minimum Gasteiger partial charge on any atom is -0.497 e. The van der Waals surface area contributed by atoms with Gasteiger partial charge in [0.15, 0.2) is 17.4 Å². The molecule has 0 aliphatic carbocycles. The summed E-state index contributed by atoms with van der Waals surface area (Å²) >= 11 is 0. The number of hydrogen-bond donors (Lipinski definition) is 2. The molecule has 2 aliphatic heterocycles. The number of sulfonamides is 1. The Kier molecular flexibility index (Phi) is 15.4. The second-order valence-electron chi connectivity index (χ2n) is 17.8. The Balaban J connectivity index is 1.48. The fourth-order valence-corrected chi connectivity index (χ4v) is 13.3. The van der Waals surface area contributed by atoms with Crippen LogP contribution in [0.1, 0.15) is 91.1 Å². The second kappa shape index (κ2) is 20.7. The molecule has 19 heteroatoms. The summed E-state index contributed by atoms with van der Waals surface area (Å²) in [6.07, 6.45) is 0.135. The summed E-state index contributed by atoms with van der Waals surface area (Å²) in [6.45, 7) is 15.5. The zero-order valence-electron chi connectivity index (χ0n) is 39.9. The van der Waals surface area contributed by atoms with Crippen molar-refractivity contribution in [1.29, 1.82) is 5.26 Å². The molecule has 3 aromatic carbocycles. The van der Waals surface area contributed by atoms with Crippen molar-refractivity contribution in [2.24, 2.45) is 0 Å². The predicted molar refractivity (Wildman–Crippen MR) is 257 cm³/mol. The van der Waals surface area contributed by atoms with Crippen LogP contribution in [0.4, 0.5) is 5.95 Å². The molecule has 5 aromatic rings. The summed E-state index contributed by atoms with van der Waals surface area (Å²) < 4.78 is 75.4. The molecule has 2 aromatic heterocycles. The van der Waals surface area contributed by atoms with E-state index in [1.807, 2.05) is 134 Å². The van der Waals surface area contributed by atoms with Crippen LogP contribution < -0.4 is 20.3 Å². The molecule has 360 valence electrons. The summed E-state index contributed by atoms with van der Waals surface area (Å²) in [6, 6.07) is 25.2. The fourth-order valence-electron chi connectivity index (χ4n) is 9.20. The number of benzene rings is 3. The van der Waals surface area contributed by atoms with Crippen molar-refractivity contribution in [2.45, 2.75) is 122 Å². The van der Waals surface area contributed by atoms with Gasteiger partial charge in [-0.1, -0.05) is 61.5 Å². The highest BCUT2D eigenvalue weighted by atomic mass is 32.2. The first kappa shape index (κ1) is 49.9. The molecule has 2 fully saturated rings. The number of methoxy groups -OCH3 is 2. The van der Waals surface area contributed by atoms with Crippen LogP contribution in [-0.4, -0.2) is 112 Å². The van der Waals surface area contributed by atoms with Gasteiger partial charge in [-0.25, -0.2) is 18.1 Å². The molecule has 2 unspecified atom stereocenters. The van der Waals surface area contributed by atoms with Gasteiger partial charge in [0.05, 0.1) is 52.0 Å². The smallest absolute Gasteiger partial charge is 0.280 e.